The molecular weight excluding hydrogens is 478 g/mol. The van der Waals surface area contributed by atoms with E-state index in [1.807, 2.05) is 7.05 Å². The topological polar surface area (TPSA) is 108 Å². The molecule has 5 rings (SSSR count). The van der Waals surface area contributed by atoms with E-state index in [2.05, 4.69) is 20.3 Å². The maximum atomic E-state index is 14.2. The third-order valence-electron chi connectivity index (χ3n) is 7.27. The molecule has 0 atom stereocenters. The minimum Gasteiger partial charge on any atom is -0.349 e. The Hall–Kier alpha value is -3.05. The number of carbonyl (C=O) groups is 2. The van der Waals surface area contributed by atoms with Crippen molar-refractivity contribution in [3.05, 3.63) is 53.1 Å². The molecule has 0 unspecified atom stereocenters. The molecule has 8 nitrogen and oxygen atoms in total. The maximum absolute atomic E-state index is 14.2. The Morgan fingerprint density at radius 2 is 1.86 bits per heavy atom. The Morgan fingerprint density at radius 3 is 2.51 bits per heavy atom. The first kappa shape index (κ1) is 23.7. The largest absolute Gasteiger partial charge is 0.349 e. The van der Waals surface area contributed by atoms with Gasteiger partial charge in [0.15, 0.2) is 0 Å². The second-order valence-corrected chi connectivity index (χ2v) is 11.2. The average molecular weight is 505 g/mol. The number of halogens is 2. The van der Waals surface area contributed by atoms with Crippen LogP contribution >= 0.6 is 0 Å². The number of hydrogen-bond donors (Lipinski definition) is 3. The number of piperidine rings is 1. The van der Waals surface area contributed by atoms with E-state index in [1.54, 1.807) is 0 Å². The van der Waals surface area contributed by atoms with Crippen molar-refractivity contribution in [2.45, 2.75) is 48.5 Å². The highest BCUT2D eigenvalue weighted by molar-refractivity contribution is 7.92. The fourth-order valence-corrected chi connectivity index (χ4v) is 6.21. The highest BCUT2D eigenvalue weighted by Gasteiger charge is 2.52. The second kappa shape index (κ2) is 8.56. The van der Waals surface area contributed by atoms with Crippen molar-refractivity contribution >= 4 is 33.2 Å². The predicted octanol–water partition coefficient (Wildman–Crippen LogP) is 2.96. The van der Waals surface area contributed by atoms with Gasteiger partial charge in [0.05, 0.1) is 22.4 Å². The number of fused-ring (bicyclic) bond motifs is 2. The summed E-state index contributed by atoms with van der Waals surface area (Å²) >= 11 is 0. The average Bonchev–Trinajstić information content (AvgIpc) is 3.08. The number of sulfonamides is 1. The quantitative estimate of drug-likeness (QED) is 0.581. The Balaban J connectivity index is 1.52. The zero-order chi connectivity index (χ0) is 25.0. The fraction of sp³-hybridized carbons (Fsp3) is 0.417. The van der Waals surface area contributed by atoms with E-state index >= 15 is 0 Å². The molecule has 2 heterocycles. The van der Waals surface area contributed by atoms with Crippen molar-refractivity contribution in [3.8, 4) is 0 Å². The molecule has 186 valence electrons. The number of amides is 2. The summed E-state index contributed by atoms with van der Waals surface area (Å²) in [5.74, 6) is -2.65. The molecule has 1 saturated heterocycles. The van der Waals surface area contributed by atoms with Gasteiger partial charge in [0.1, 0.15) is 16.5 Å². The fourth-order valence-electron chi connectivity index (χ4n) is 5.08. The van der Waals surface area contributed by atoms with E-state index in [-0.39, 0.29) is 23.2 Å². The van der Waals surface area contributed by atoms with E-state index in [1.165, 1.54) is 12.1 Å². The summed E-state index contributed by atoms with van der Waals surface area (Å²) in [6, 6.07) is 4.94. The molecule has 11 heteroatoms. The third-order valence-corrected chi connectivity index (χ3v) is 8.66. The van der Waals surface area contributed by atoms with E-state index in [0.29, 0.717) is 30.2 Å². The highest BCUT2D eigenvalue weighted by atomic mass is 32.2. The van der Waals surface area contributed by atoms with Crippen LogP contribution in [0, 0.1) is 11.6 Å². The van der Waals surface area contributed by atoms with Gasteiger partial charge in [-0.2, -0.15) is 0 Å². The molecule has 1 spiro atoms. The first-order valence-corrected chi connectivity index (χ1v) is 13.0. The smallest absolute Gasteiger partial charge is 0.264 e. The first-order chi connectivity index (χ1) is 16.6. The van der Waals surface area contributed by atoms with Crippen LogP contribution in [0.15, 0.2) is 35.2 Å². The number of benzene rings is 2. The van der Waals surface area contributed by atoms with Crippen LogP contribution < -0.4 is 15.4 Å². The highest BCUT2D eigenvalue weighted by Crippen LogP contribution is 2.52. The summed E-state index contributed by atoms with van der Waals surface area (Å²) in [5.41, 5.74) is 0.241. The van der Waals surface area contributed by atoms with Gasteiger partial charge < -0.3 is 15.5 Å². The molecule has 2 aliphatic heterocycles. The SMILES string of the molecule is CN1CCC(NC(=O)c2cc(NS(=O)(=O)c3cc(F)ccc3F)cc3c2NC(=O)C32CCC2)CC1. The molecule has 0 bridgehead atoms. The lowest BCUT2D eigenvalue weighted by Gasteiger charge is -2.36. The molecule has 2 aromatic rings. The minimum absolute atomic E-state index is 0.00344. The maximum Gasteiger partial charge on any atom is 0.264 e. The van der Waals surface area contributed by atoms with Crippen molar-refractivity contribution in [1.29, 1.82) is 0 Å². The molecule has 1 saturated carbocycles. The van der Waals surface area contributed by atoms with Crippen LogP contribution in [-0.4, -0.2) is 51.3 Å². The number of carbonyl (C=O) groups excluding carboxylic acids is 2. The molecule has 2 fully saturated rings. The number of hydrogen-bond acceptors (Lipinski definition) is 5. The van der Waals surface area contributed by atoms with Crippen molar-refractivity contribution in [3.63, 3.8) is 0 Å². The Morgan fingerprint density at radius 1 is 1.14 bits per heavy atom. The van der Waals surface area contributed by atoms with Crippen LogP contribution in [0.1, 0.15) is 48.0 Å². The number of likely N-dealkylation sites (tertiary alicyclic amines) is 1. The molecule has 0 radical (unpaired) electrons. The van der Waals surface area contributed by atoms with Gasteiger partial charge in [-0.15, -0.1) is 0 Å². The van der Waals surface area contributed by atoms with Gasteiger partial charge >= 0.3 is 0 Å². The van der Waals surface area contributed by atoms with Crippen LogP contribution in [0.5, 0.6) is 0 Å². The first-order valence-electron chi connectivity index (χ1n) is 11.6. The summed E-state index contributed by atoms with van der Waals surface area (Å²) in [5, 5.41) is 5.83. The molecular formula is C24H26F2N4O4S. The molecule has 2 amide bonds. The Kier molecular flexibility index (Phi) is 5.79. The number of anilines is 2. The monoisotopic (exact) mass is 504 g/mol. The number of nitrogens with one attached hydrogen (secondary N) is 3. The van der Waals surface area contributed by atoms with Crippen LogP contribution in [0.25, 0.3) is 0 Å². The molecule has 3 N–H and O–H groups in total. The Bertz CT molecular complexity index is 1320. The van der Waals surface area contributed by atoms with E-state index < -0.39 is 37.9 Å². The van der Waals surface area contributed by atoms with Gasteiger partial charge in [0.25, 0.3) is 15.9 Å². The van der Waals surface area contributed by atoms with Crippen molar-refractivity contribution in [1.82, 2.24) is 10.2 Å². The molecule has 2 aromatic carbocycles. The second-order valence-electron chi connectivity index (χ2n) is 9.57. The van der Waals surface area contributed by atoms with Gasteiger partial charge in [-0.05, 0) is 81.7 Å². The molecule has 35 heavy (non-hydrogen) atoms. The zero-order valence-electron chi connectivity index (χ0n) is 19.2. The van der Waals surface area contributed by atoms with Crippen molar-refractivity contribution in [2.24, 2.45) is 0 Å². The summed E-state index contributed by atoms with van der Waals surface area (Å²) in [4.78, 5) is 27.5. The van der Waals surface area contributed by atoms with Crippen LogP contribution in [0.3, 0.4) is 0 Å². The summed E-state index contributed by atoms with van der Waals surface area (Å²) in [6.07, 6.45) is 3.53. The van der Waals surface area contributed by atoms with E-state index in [0.717, 1.165) is 44.5 Å². The van der Waals surface area contributed by atoms with E-state index in [9.17, 15) is 26.8 Å². The van der Waals surface area contributed by atoms with Crippen molar-refractivity contribution in [2.75, 3.05) is 30.2 Å². The lowest BCUT2D eigenvalue weighted by Crippen LogP contribution is -2.43. The van der Waals surface area contributed by atoms with E-state index in [4.69, 9.17) is 0 Å². The van der Waals surface area contributed by atoms with Gasteiger partial charge in [0, 0.05) is 6.04 Å². The van der Waals surface area contributed by atoms with Crippen LogP contribution in [0.4, 0.5) is 20.2 Å². The standard InChI is InChI=1S/C24H26F2N4O4S/c1-30-9-5-15(6-10-30)27-22(31)17-12-16(13-18-21(17)28-23(32)24(18)7-2-8-24)29-35(33,34)20-11-14(25)3-4-19(20)26/h3-4,11-13,15,29H,2,5-10H2,1H3,(H,27,31)(H,28,32). The summed E-state index contributed by atoms with van der Waals surface area (Å²) in [6.45, 7) is 1.67. The van der Waals surface area contributed by atoms with Crippen molar-refractivity contribution < 1.29 is 26.8 Å². The molecule has 0 aromatic heterocycles. The predicted molar refractivity (Wildman–Crippen MR) is 126 cm³/mol. The van der Waals surface area contributed by atoms with Gasteiger partial charge in [0.2, 0.25) is 5.91 Å². The van der Waals surface area contributed by atoms with Gasteiger partial charge in [-0.1, -0.05) is 6.42 Å². The van der Waals surface area contributed by atoms with Crippen LogP contribution in [0.2, 0.25) is 0 Å². The summed E-state index contributed by atoms with van der Waals surface area (Å²) < 4.78 is 56.0. The lowest BCUT2D eigenvalue weighted by atomic mass is 9.65. The van der Waals surface area contributed by atoms with Crippen LogP contribution in [-0.2, 0) is 20.2 Å². The van der Waals surface area contributed by atoms with Gasteiger partial charge in [-0.3, -0.25) is 14.3 Å². The summed E-state index contributed by atoms with van der Waals surface area (Å²) in [7, 11) is -2.50. The lowest BCUT2D eigenvalue weighted by molar-refractivity contribution is -0.123. The minimum atomic E-state index is -4.51. The number of nitrogens with zero attached hydrogens (tertiary/aromatic N) is 1. The molecule has 1 aliphatic carbocycles. The third kappa shape index (κ3) is 4.16. The normalized spacial score (nSPS) is 19.7. The van der Waals surface area contributed by atoms with Gasteiger partial charge in [-0.25, -0.2) is 17.2 Å². The number of rotatable bonds is 5. The molecule has 3 aliphatic rings. The zero-order valence-corrected chi connectivity index (χ0v) is 20.0. The Labute approximate surface area is 202 Å².